The lowest BCUT2D eigenvalue weighted by Gasteiger charge is -2.24. The highest BCUT2D eigenvalue weighted by molar-refractivity contribution is 7.21. The maximum Gasteiger partial charge on any atom is 0.261 e. The Morgan fingerprint density at radius 2 is 2.21 bits per heavy atom. The van der Waals surface area contributed by atoms with Crippen molar-refractivity contribution in [3.8, 4) is 0 Å². The summed E-state index contributed by atoms with van der Waals surface area (Å²) < 4.78 is 6.26. The quantitative estimate of drug-likeness (QED) is 0.544. The predicted octanol–water partition coefficient (Wildman–Crippen LogP) is 4.25. The molecule has 1 aromatic carbocycles. The van der Waals surface area contributed by atoms with Crippen molar-refractivity contribution in [1.29, 1.82) is 0 Å². The van der Waals surface area contributed by atoms with Crippen molar-refractivity contribution in [3.05, 3.63) is 50.8 Å². The fourth-order valence-corrected chi connectivity index (χ4v) is 6.05. The van der Waals surface area contributed by atoms with E-state index in [0.717, 1.165) is 29.4 Å². The molecule has 0 unspecified atom stereocenters. The Kier molecular flexibility index (Phi) is 6.60. The fourth-order valence-electron chi connectivity index (χ4n) is 4.08. The van der Waals surface area contributed by atoms with Crippen LogP contribution in [0.3, 0.4) is 0 Å². The summed E-state index contributed by atoms with van der Waals surface area (Å²) in [5, 5.41) is 5.34. The number of methoxy groups -OCH3 is 1. The third-order valence-corrected chi connectivity index (χ3v) is 7.57. The first-order valence-electron chi connectivity index (χ1n) is 10.1. The van der Waals surface area contributed by atoms with E-state index in [9.17, 15) is 4.79 Å². The van der Waals surface area contributed by atoms with Crippen LogP contribution < -0.4 is 5.32 Å². The third-order valence-electron chi connectivity index (χ3n) is 5.46. The number of thiophene rings is 1. The zero-order valence-corrected chi connectivity index (χ0v) is 18.6. The van der Waals surface area contributed by atoms with Crippen LogP contribution in [0.15, 0.2) is 30.5 Å². The second-order valence-electron chi connectivity index (χ2n) is 7.47. The van der Waals surface area contributed by atoms with Gasteiger partial charge in [-0.2, -0.15) is 0 Å². The van der Waals surface area contributed by atoms with Crippen molar-refractivity contribution in [2.75, 3.05) is 26.8 Å². The smallest absolute Gasteiger partial charge is 0.261 e. The van der Waals surface area contributed by atoms with E-state index >= 15 is 0 Å². The molecule has 1 saturated heterocycles. The van der Waals surface area contributed by atoms with Gasteiger partial charge in [-0.15, -0.1) is 22.7 Å². The molecule has 7 heteroatoms. The molecule has 1 atom stereocenters. The number of carbonyl (C=O) groups excluding carboxylic acids is 1. The Hall–Kier alpha value is -1.80. The Morgan fingerprint density at radius 1 is 1.34 bits per heavy atom. The van der Waals surface area contributed by atoms with E-state index in [4.69, 9.17) is 4.74 Å². The number of likely N-dealkylation sites (tertiary alicyclic amines) is 1. The molecular formula is C22H27N3O2S2. The van der Waals surface area contributed by atoms with Crippen LogP contribution in [-0.2, 0) is 17.7 Å². The number of nitrogens with zero attached hydrogens (tertiary/aromatic N) is 2. The minimum atomic E-state index is 0.0147. The average Bonchev–Trinajstić information content (AvgIpc) is 3.43. The lowest BCUT2D eigenvalue weighted by molar-refractivity contribution is 0.0940. The second-order valence-corrected chi connectivity index (χ2v) is 9.84. The fraction of sp³-hybridized carbons (Fsp3) is 0.455. The number of carbonyl (C=O) groups is 1. The van der Waals surface area contributed by atoms with Crippen molar-refractivity contribution >= 4 is 38.7 Å². The standard InChI is InChI=1S/C22H27N3O2S2/c1-15-24-13-17(28-15)14-25-10-5-6-16(25)12-19-18-7-3-4-8-20(18)29-21(19)22(26)23-9-11-27-2/h3-4,7-8,13,16H,5-6,9-12,14H2,1-2H3,(H,23,26)/t16-/m0/s1. The zero-order chi connectivity index (χ0) is 20.2. The molecule has 1 aliphatic heterocycles. The van der Waals surface area contributed by atoms with Crippen LogP contribution in [0.1, 0.15) is 38.0 Å². The molecule has 1 N–H and O–H groups in total. The van der Waals surface area contributed by atoms with E-state index in [1.807, 2.05) is 12.3 Å². The number of hydrogen-bond donors (Lipinski definition) is 1. The van der Waals surface area contributed by atoms with Crippen LogP contribution in [0.2, 0.25) is 0 Å². The van der Waals surface area contributed by atoms with E-state index < -0.39 is 0 Å². The molecular weight excluding hydrogens is 402 g/mol. The number of ether oxygens (including phenoxy) is 1. The first kappa shape index (κ1) is 20.5. The number of benzene rings is 1. The summed E-state index contributed by atoms with van der Waals surface area (Å²) in [7, 11) is 1.65. The highest BCUT2D eigenvalue weighted by Crippen LogP contribution is 2.35. The minimum Gasteiger partial charge on any atom is -0.383 e. The van der Waals surface area contributed by atoms with E-state index in [-0.39, 0.29) is 5.91 Å². The Bertz CT molecular complexity index is 982. The number of amides is 1. The lowest BCUT2D eigenvalue weighted by Crippen LogP contribution is -2.31. The summed E-state index contributed by atoms with van der Waals surface area (Å²) in [6, 6.07) is 8.84. The van der Waals surface area contributed by atoms with Gasteiger partial charge in [0.25, 0.3) is 5.91 Å². The summed E-state index contributed by atoms with van der Waals surface area (Å²) in [6.07, 6.45) is 5.30. The molecule has 29 heavy (non-hydrogen) atoms. The highest BCUT2D eigenvalue weighted by atomic mass is 32.1. The first-order valence-corrected chi connectivity index (χ1v) is 11.7. The highest BCUT2D eigenvalue weighted by Gasteiger charge is 2.28. The molecule has 1 aliphatic rings. The normalized spacial score (nSPS) is 17.2. The van der Waals surface area contributed by atoms with Gasteiger partial charge in [-0.05, 0) is 49.7 Å². The summed E-state index contributed by atoms with van der Waals surface area (Å²) in [6.45, 7) is 5.17. The number of rotatable bonds is 8. The third kappa shape index (κ3) is 4.69. The van der Waals surface area contributed by atoms with Crippen molar-refractivity contribution in [2.24, 2.45) is 0 Å². The van der Waals surface area contributed by atoms with Gasteiger partial charge in [0.15, 0.2) is 0 Å². The Labute approximate surface area is 179 Å². The van der Waals surface area contributed by atoms with E-state index in [0.29, 0.717) is 19.2 Å². The summed E-state index contributed by atoms with van der Waals surface area (Å²) >= 11 is 3.38. The molecule has 5 nitrogen and oxygen atoms in total. The van der Waals surface area contributed by atoms with Gasteiger partial charge in [-0.1, -0.05) is 18.2 Å². The minimum absolute atomic E-state index is 0.0147. The second kappa shape index (κ2) is 9.34. The van der Waals surface area contributed by atoms with E-state index in [2.05, 4.69) is 40.3 Å². The molecule has 0 radical (unpaired) electrons. The maximum atomic E-state index is 12.9. The molecule has 0 bridgehead atoms. The molecule has 3 heterocycles. The SMILES string of the molecule is COCCNC(=O)c1sc2ccccc2c1C[C@@H]1CCCN1Cc1cnc(C)s1. The zero-order valence-electron chi connectivity index (χ0n) is 16.9. The summed E-state index contributed by atoms with van der Waals surface area (Å²) in [5.74, 6) is 0.0147. The van der Waals surface area contributed by atoms with Crippen molar-refractivity contribution < 1.29 is 9.53 Å². The van der Waals surface area contributed by atoms with E-state index in [1.165, 1.54) is 33.4 Å². The Balaban J connectivity index is 1.57. The number of aryl methyl sites for hydroxylation is 1. The van der Waals surface area contributed by atoms with E-state index in [1.54, 1.807) is 29.8 Å². The van der Waals surface area contributed by atoms with Crippen molar-refractivity contribution in [3.63, 3.8) is 0 Å². The van der Waals surface area contributed by atoms with Gasteiger partial charge in [0.05, 0.1) is 16.5 Å². The molecule has 0 saturated carbocycles. The van der Waals surface area contributed by atoms with Crippen LogP contribution in [0.4, 0.5) is 0 Å². The van der Waals surface area contributed by atoms with Crippen LogP contribution in [0, 0.1) is 6.92 Å². The predicted molar refractivity (Wildman–Crippen MR) is 120 cm³/mol. The van der Waals surface area contributed by atoms with Gasteiger partial charge in [-0.25, -0.2) is 4.98 Å². The van der Waals surface area contributed by atoms with Gasteiger partial charge in [0.2, 0.25) is 0 Å². The topological polar surface area (TPSA) is 54.5 Å². The molecule has 4 rings (SSSR count). The van der Waals surface area contributed by atoms with Crippen LogP contribution in [0.25, 0.3) is 10.1 Å². The van der Waals surface area contributed by atoms with Crippen LogP contribution in [-0.4, -0.2) is 48.6 Å². The molecule has 154 valence electrons. The molecule has 1 fully saturated rings. The lowest BCUT2D eigenvalue weighted by atomic mass is 10.0. The number of fused-ring (bicyclic) bond motifs is 1. The maximum absolute atomic E-state index is 12.9. The largest absolute Gasteiger partial charge is 0.383 e. The molecule has 3 aromatic rings. The number of aromatic nitrogens is 1. The van der Waals surface area contributed by atoms with Gasteiger partial charge >= 0.3 is 0 Å². The van der Waals surface area contributed by atoms with Gasteiger partial charge in [0, 0.05) is 42.0 Å². The average molecular weight is 430 g/mol. The van der Waals surface area contributed by atoms with Crippen LogP contribution >= 0.6 is 22.7 Å². The first-order chi connectivity index (χ1) is 14.2. The number of hydrogen-bond acceptors (Lipinski definition) is 6. The summed E-state index contributed by atoms with van der Waals surface area (Å²) in [4.78, 5) is 22.0. The van der Waals surface area contributed by atoms with Crippen molar-refractivity contribution in [2.45, 2.75) is 38.8 Å². The monoisotopic (exact) mass is 429 g/mol. The molecule has 2 aromatic heterocycles. The Morgan fingerprint density at radius 3 is 3.00 bits per heavy atom. The molecule has 0 aliphatic carbocycles. The van der Waals surface area contributed by atoms with Gasteiger partial charge < -0.3 is 10.1 Å². The molecule has 0 spiro atoms. The van der Waals surface area contributed by atoms with Crippen LogP contribution in [0.5, 0.6) is 0 Å². The summed E-state index contributed by atoms with van der Waals surface area (Å²) in [5.41, 5.74) is 1.19. The number of nitrogens with one attached hydrogen (secondary N) is 1. The number of thiazole rings is 1. The van der Waals surface area contributed by atoms with Crippen molar-refractivity contribution in [1.82, 2.24) is 15.2 Å². The van der Waals surface area contributed by atoms with Gasteiger partial charge in [-0.3, -0.25) is 9.69 Å². The van der Waals surface area contributed by atoms with Gasteiger partial charge in [0.1, 0.15) is 0 Å². The molecule has 1 amide bonds.